The van der Waals surface area contributed by atoms with Gasteiger partial charge in [-0.2, -0.15) is 23.4 Å². The zero-order chi connectivity index (χ0) is 21.8. The molecule has 0 spiro atoms. The van der Waals surface area contributed by atoms with Crippen molar-refractivity contribution in [3.63, 3.8) is 0 Å². The molecule has 4 rings (SSSR count). The first-order chi connectivity index (χ1) is 14.1. The molecule has 1 aliphatic heterocycles. The smallest absolute Gasteiger partial charge is 0.367 e. The number of rotatable bonds is 5. The van der Waals surface area contributed by atoms with Crippen LogP contribution in [0.25, 0.3) is 0 Å². The first-order valence-electron chi connectivity index (χ1n) is 10.3. The second-order valence-electron chi connectivity index (χ2n) is 8.54. The molecule has 1 unspecified atom stereocenters. The van der Waals surface area contributed by atoms with Crippen molar-refractivity contribution in [3.05, 3.63) is 28.7 Å². The van der Waals surface area contributed by atoms with Crippen molar-refractivity contribution in [3.8, 4) is 0 Å². The van der Waals surface area contributed by atoms with Gasteiger partial charge in [-0.05, 0) is 58.4 Å². The highest BCUT2D eigenvalue weighted by Crippen LogP contribution is 2.45. The van der Waals surface area contributed by atoms with E-state index in [4.69, 9.17) is 0 Å². The zero-order valence-corrected chi connectivity index (χ0v) is 17.5. The highest BCUT2D eigenvalue weighted by atomic mass is 19.4. The Morgan fingerprint density at radius 2 is 2.00 bits per heavy atom. The quantitative estimate of drug-likeness (QED) is 0.768. The van der Waals surface area contributed by atoms with E-state index in [1.165, 1.54) is 6.07 Å². The minimum atomic E-state index is -4.41. The number of aryl methyl sites for hydroxylation is 1. The molecule has 1 amide bonds. The monoisotopic (exact) mass is 424 g/mol. The van der Waals surface area contributed by atoms with Crippen molar-refractivity contribution in [2.45, 2.75) is 71.3 Å². The maximum atomic E-state index is 13.6. The van der Waals surface area contributed by atoms with Gasteiger partial charge in [-0.25, -0.2) is 4.68 Å². The number of carbonyl (C=O) groups excluding carboxylic acids is 1. The van der Waals surface area contributed by atoms with Crippen LogP contribution in [0.15, 0.2) is 6.07 Å². The summed E-state index contributed by atoms with van der Waals surface area (Å²) in [7, 11) is 0. The fourth-order valence-electron chi connectivity index (χ4n) is 4.11. The molecule has 0 saturated heterocycles. The maximum absolute atomic E-state index is 13.6. The molecule has 3 atom stereocenters. The molecule has 1 aliphatic carbocycles. The first kappa shape index (κ1) is 20.7. The van der Waals surface area contributed by atoms with E-state index in [9.17, 15) is 18.0 Å². The highest BCUT2D eigenvalue weighted by Gasteiger charge is 2.49. The van der Waals surface area contributed by atoms with Crippen LogP contribution in [0.3, 0.4) is 0 Å². The lowest BCUT2D eigenvalue weighted by Gasteiger charge is -2.33. The fraction of sp³-hybridized carbons (Fsp3) is 0.650. The second-order valence-corrected chi connectivity index (χ2v) is 8.54. The number of halogens is 3. The number of hydrogen-bond acceptors (Lipinski definition) is 4. The van der Waals surface area contributed by atoms with Crippen molar-refractivity contribution in [2.24, 2.45) is 5.92 Å². The molecular formula is C20H27F3N6O. The standard InChI is InChI=1S/C20H27F3N6O/c1-10(28-13(4)11(2)12(3)26-28)9-24-19(30)16-8-18-25-15(14-5-6-14)7-17(20(21,22)23)29(18)27-16/h8,10,14-15,17,25H,5-7,9H2,1-4H3,(H,24,30)/t10?,15-,17+/m0/s1. The van der Waals surface area contributed by atoms with Gasteiger partial charge in [0.1, 0.15) is 5.82 Å². The normalized spacial score (nSPS) is 22.4. The van der Waals surface area contributed by atoms with E-state index in [0.29, 0.717) is 6.54 Å². The fourth-order valence-corrected chi connectivity index (χ4v) is 4.11. The van der Waals surface area contributed by atoms with Crippen LogP contribution in [0, 0.1) is 26.7 Å². The summed E-state index contributed by atoms with van der Waals surface area (Å²) in [5.74, 6) is 0.0291. The van der Waals surface area contributed by atoms with Gasteiger partial charge < -0.3 is 10.6 Å². The molecular weight excluding hydrogens is 397 g/mol. The van der Waals surface area contributed by atoms with Crippen molar-refractivity contribution in [2.75, 3.05) is 11.9 Å². The third kappa shape index (κ3) is 3.79. The number of nitrogens with one attached hydrogen (secondary N) is 2. The molecule has 0 bridgehead atoms. The molecule has 1 saturated carbocycles. The number of anilines is 1. The van der Waals surface area contributed by atoms with Gasteiger partial charge in [0, 0.05) is 24.3 Å². The van der Waals surface area contributed by atoms with E-state index in [-0.39, 0.29) is 35.9 Å². The molecule has 10 heteroatoms. The number of hydrogen-bond donors (Lipinski definition) is 2. The van der Waals surface area contributed by atoms with Crippen LogP contribution in [0.2, 0.25) is 0 Å². The summed E-state index contributed by atoms with van der Waals surface area (Å²) in [6, 6.07) is -0.622. The number of fused-ring (bicyclic) bond motifs is 1. The summed E-state index contributed by atoms with van der Waals surface area (Å²) >= 11 is 0. The van der Waals surface area contributed by atoms with Crippen molar-refractivity contribution in [1.82, 2.24) is 24.9 Å². The number of nitrogens with zero attached hydrogens (tertiary/aromatic N) is 4. The molecule has 1 fully saturated rings. The van der Waals surface area contributed by atoms with E-state index in [1.807, 2.05) is 32.4 Å². The Labute approximate surface area is 173 Å². The molecule has 2 aromatic heterocycles. The highest BCUT2D eigenvalue weighted by molar-refractivity contribution is 5.93. The first-order valence-corrected chi connectivity index (χ1v) is 10.3. The number of alkyl halides is 3. The Morgan fingerprint density at radius 3 is 2.57 bits per heavy atom. The van der Waals surface area contributed by atoms with E-state index in [0.717, 1.165) is 34.5 Å². The van der Waals surface area contributed by atoms with Gasteiger partial charge in [-0.3, -0.25) is 9.48 Å². The molecule has 164 valence electrons. The lowest BCUT2D eigenvalue weighted by molar-refractivity contribution is -0.174. The molecule has 3 heterocycles. The van der Waals surface area contributed by atoms with Gasteiger partial charge >= 0.3 is 6.18 Å². The van der Waals surface area contributed by atoms with Crippen LogP contribution >= 0.6 is 0 Å². The second kappa shape index (κ2) is 7.31. The topological polar surface area (TPSA) is 76.8 Å². The van der Waals surface area contributed by atoms with Crippen LogP contribution in [0.4, 0.5) is 19.0 Å². The zero-order valence-electron chi connectivity index (χ0n) is 17.5. The average Bonchev–Trinajstić information content (AvgIpc) is 3.39. The van der Waals surface area contributed by atoms with E-state index in [2.05, 4.69) is 20.8 Å². The molecule has 2 aliphatic rings. The number of aromatic nitrogens is 4. The van der Waals surface area contributed by atoms with E-state index in [1.54, 1.807) is 0 Å². The third-order valence-electron chi connectivity index (χ3n) is 6.31. The summed E-state index contributed by atoms with van der Waals surface area (Å²) < 4.78 is 43.6. The lowest BCUT2D eigenvalue weighted by atomic mass is 10.0. The van der Waals surface area contributed by atoms with Gasteiger partial charge in [0.25, 0.3) is 5.91 Å². The van der Waals surface area contributed by atoms with Crippen LogP contribution in [-0.2, 0) is 0 Å². The van der Waals surface area contributed by atoms with Crippen molar-refractivity contribution < 1.29 is 18.0 Å². The molecule has 30 heavy (non-hydrogen) atoms. The summed E-state index contributed by atoms with van der Waals surface area (Å²) in [6.45, 7) is 8.12. The predicted octanol–water partition coefficient (Wildman–Crippen LogP) is 3.69. The van der Waals surface area contributed by atoms with Gasteiger partial charge in [0.2, 0.25) is 0 Å². The Morgan fingerprint density at radius 1 is 1.30 bits per heavy atom. The Hall–Kier alpha value is -2.52. The molecule has 2 N–H and O–H groups in total. The molecule has 7 nitrogen and oxygen atoms in total. The third-order valence-corrected chi connectivity index (χ3v) is 6.31. The summed E-state index contributed by atoms with van der Waals surface area (Å²) in [6.07, 6.45) is -2.59. The minimum absolute atomic E-state index is 0.0139. The van der Waals surface area contributed by atoms with Gasteiger partial charge in [-0.15, -0.1) is 0 Å². The van der Waals surface area contributed by atoms with Gasteiger partial charge in [0.05, 0.1) is 11.7 Å². The predicted molar refractivity (Wildman–Crippen MR) is 106 cm³/mol. The van der Waals surface area contributed by atoms with E-state index < -0.39 is 18.1 Å². The summed E-state index contributed by atoms with van der Waals surface area (Å²) in [5, 5.41) is 14.4. The van der Waals surface area contributed by atoms with Crippen molar-refractivity contribution in [1.29, 1.82) is 0 Å². The van der Waals surface area contributed by atoms with Crippen LogP contribution < -0.4 is 10.6 Å². The Balaban J connectivity index is 1.48. The molecule has 0 aromatic carbocycles. The molecule has 2 aromatic rings. The largest absolute Gasteiger partial charge is 0.410 e. The lowest BCUT2D eigenvalue weighted by Crippen LogP contribution is -2.40. The average molecular weight is 424 g/mol. The minimum Gasteiger partial charge on any atom is -0.367 e. The van der Waals surface area contributed by atoms with Crippen LogP contribution in [-0.4, -0.2) is 44.2 Å². The number of amides is 1. The Kier molecular flexibility index (Phi) is 5.06. The Bertz CT molecular complexity index is 959. The number of carbonyl (C=O) groups is 1. The van der Waals surface area contributed by atoms with Crippen molar-refractivity contribution >= 4 is 11.7 Å². The van der Waals surface area contributed by atoms with E-state index >= 15 is 0 Å². The SMILES string of the molecule is Cc1nn(C(C)CNC(=O)c2cc3n(n2)[C@@H](C(F)(F)F)C[C@@H](C2CC2)N3)c(C)c1C. The summed E-state index contributed by atoms with van der Waals surface area (Å²) in [5.41, 5.74) is 3.04. The van der Waals surface area contributed by atoms with Gasteiger partial charge in [-0.1, -0.05) is 0 Å². The summed E-state index contributed by atoms with van der Waals surface area (Å²) in [4.78, 5) is 12.6. The van der Waals surface area contributed by atoms with Crippen LogP contribution in [0.5, 0.6) is 0 Å². The van der Waals surface area contributed by atoms with Crippen LogP contribution in [0.1, 0.15) is 65.7 Å². The molecule has 0 radical (unpaired) electrons. The van der Waals surface area contributed by atoms with Gasteiger partial charge in [0.15, 0.2) is 11.7 Å². The maximum Gasteiger partial charge on any atom is 0.410 e.